The van der Waals surface area contributed by atoms with Gasteiger partial charge in [0.2, 0.25) is 0 Å². The summed E-state index contributed by atoms with van der Waals surface area (Å²) >= 11 is 0. The first-order valence-corrected chi connectivity index (χ1v) is 8.08. The third-order valence-electron chi connectivity index (χ3n) is 5.75. The van der Waals surface area contributed by atoms with Gasteiger partial charge in [0.05, 0.1) is 7.11 Å². The fraction of sp³-hybridized carbons (Fsp3) is 0.667. The van der Waals surface area contributed by atoms with Gasteiger partial charge in [-0.3, -0.25) is 0 Å². The van der Waals surface area contributed by atoms with E-state index in [2.05, 4.69) is 25.8 Å². The van der Waals surface area contributed by atoms with Gasteiger partial charge in [-0.2, -0.15) is 0 Å². The van der Waals surface area contributed by atoms with E-state index in [0.29, 0.717) is 5.56 Å². The highest BCUT2D eigenvalue weighted by Gasteiger charge is 2.57. The van der Waals surface area contributed by atoms with Crippen LogP contribution in [-0.2, 0) is 12.0 Å². The summed E-state index contributed by atoms with van der Waals surface area (Å²) in [5, 5.41) is 11.8. The van der Waals surface area contributed by atoms with E-state index in [1.807, 2.05) is 6.07 Å². The van der Waals surface area contributed by atoms with E-state index in [9.17, 15) is 9.50 Å². The van der Waals surface area contributed by atoms with Crippen LogP contribution in [0.2, 0.25) is 0 Å². The van der Waals surface area contributed by atoms with Crippen molar-refractivity contribution in [3.8, 4) is 5.75 Å². The summed E-state index contributed by atoms with van der Waals surface area (Å²) in [5.74, 6) is -0.0227. The SMILES string of the molecule is COc1c(F)ccc2c1C(O)(C1CCN(C)CC1)C(C)(C)C2. The second-order valence-electron chi connectivity index (χ2n) is 7.52. The van der Waals surface area contributed by atoms with E-state index in [1.165, 1.54) is 13.2 Å². The Hall–Kier alpha value is -1.13. The lowest BCUT2D eigenvalue weighted by molar-refractivity contribution is -0.122. The Morgan fingerprint density at radius 2 is 1.91 bits per heavy atom. The van der Waals surface area contributed by atoms with E-state index in [0.717, 1.165) is 37.9 Å². The van der Waals surface area contributed by atoms with Crippen molar-refractivity contribution in [3.05, 3.63) is 29.1 Å². The molecule has 0 radical (unpaired) electrons. The molecule has 1 unspecified atom stereocenters. The molecule has 3 nitrogen and oxygen atoms in total. The first kappa shape index (κ1) is 15.8. The van der Waals surface area contributed by atoms with E-state index in [4.69, 9.17) is 4.74 Å². The van der Waals surface area contributed by atoms with Gasteiger partial charge >= 0.3 is 0 Å². The zero-order valence-corrected chi connectivity index (χ0v) is 13.9. The van der Waals surface area contributed by atoms with Crippen molar-refractivity contribution in [1.29, 1.82) is 0 Å². The topological polar surface area (TPSA) is 32.7 Å². The summed E-state index contributed by atoms with van der Waals surface area (Å²) < 4.78 is 19.6. The quantitative estimate of drug-likeness (QED) is 0.912. The molecule has 1 saturated heterocycles. The molecule has 1 fully saturated rings. The van der Waals surface area contributed by atoms with Crippen LogP contribution in [-0.4, -0.2) is 37.3 Å². The van der Waals surface area contributed by atoms with E-state index in [1.54, 1.807) is 0 Å². The van der Waals surface area contributed by atoms with Crippen molar-refractivity contribution < 1.29 is 14.2 Å². The number of nitrogens with zero attached hydrogens (tertiary/aromatic N) is 1. The van der Waals surface area contributed by atoms with Crippen molar-refractivity contribution in [2.24, 2.45) is 11.3 Å². The number of ether oxygens (including phenoxy) is 1. The largest absolute Gasteiger partial charge is 0.493 e. The van der Waals surface area contributed by atoms with Crippen LogP contribution < -0.4 is 4.74 Å². The Labute approximate surface area is 132 Å². The molecule has 4 heteroatoms. The predicted octanol–water partition coefficient (Wildman–Crippen LogP) is 2.95. The van der Waals surface area contributed by atoms with Gasteiger partial charge in [-0.05, 0) is 56.9 Å². The number of aliphatic hydroxyl groups is 1. The Morgan fingerprint density at radius 3 is 2.50 bits per heavy atom. The molecule has 0 bridgehead atoms. The van der Waals surface area contributed by atoms with Gasteiger partial charge in [-0.25, -0.2) is 4.39 Å². The maximum Gasteiger partial charge on any atom is 0.165 e. The number of hydrogen-bond acceptors (Lipinski definition) is 3. The number of rotatable bonds is 2. The Morgan fingerprint density at radius 1 is 1.27 bits per heavy atom. The van der Waals surface area contributed by atoms with Crippen molar-refractivity contribution in [2.45, 2.75) is 38.7 Å². The van der Waals surface area contributed by atoms with Gasteiger partial charge in [0.1, 0.15) is 5.60 Å². The summed E-state index contributed by atoms with van der Waals surface area (Å²) in [5.41, 5.74) is 0.354. The lowest BCUT2D eigenvalue weighted by Gasteiger charge is -2.46. The molecule has 1 atom stereocenters. The molecule has 1 aromatic carbocycles. The number of likely N-dealkylation sites (tertiary alicyclic amines) is 1. The zero-order chi connectivity index (χ0) is 16.1. The lowest BCUT2D eigenvalue weighted by atomic mass is 9.65. The molecule has 22 heavy (non-hydrogen) atoms. The fourth-order valence-corrected chi connectivity index (χ4v) is 4.50. The van der Waals surface area contributed by atoms with Gasteiger partial charge in [0.25, 0.3) is 0 Å². The van der Waals surface area contributed by atoms with Crippen LogP contribution >= 0.6 is 0 Å². The summed E-state index contributed by atoms with van der Waals surface area (Å²) in [6, 6.07) is 3.26. The number of fused-ring (bicyclic) bond motifs is 1. The molecule has 1 N–H and O–H groups in total. The van der Waals surface area contributed by atoms with E-state index in [-0.39, 0.29) is 22.9 Å². The average molecular weight is 307 g/mol. The molecule has 122 valence electrons. The molecule has 0 saturated carbocycles. The molecule has 1 heterocycles. The number of hydrogen-bond donors (Lipinski definition) is 1. The normalized spacial score (nSPS) is 28.6. The average Bonchev–Trinajstić information content (AvgIpc) is 2.68. The minimum Gasteiger partial charge on any atom is -0.493 e. The third-order valence-corrected chi connectivity index (χ3v) is 5.75. The third kappa shape index (κ3) is 2.08. The fourth-order valence-electron chi connectivity index (χ4n) is 4.50. The Kier molecular flexibility index (Phi) is 3.73. The Balaban J connectivity index is 2.13. The predicted molar refractivity (Wildman–Crippen MR) is 84.6 cm³/mol. The summed E-state index contributed by atoms with van der Waals surface area (Å²) in [7, 11) is 3.59. The molecule has 0 amide bonds. The number of halogens is 1. The highest BCUT2D eigenvalue weighted by Crippen LogP contribution is 2.58. The van der Waals surface area contributed by atoms with Crippen LogP contribution in [0, 0.1) is 17.2 Å². The Bertz CT molecular complexity index is 579. The summed E-state index contributed by atoms with van der Waals surface area (Å²) in [4.78, 5) is 2.28. The van der Waals surface area contributed by atoms with Crippen LogP contribution in [0.4, 0.5) is 4.39 Å². The maximum atomic E-state index is 14.2. The molecule has 1 aliphatic carbocycles. The monoisotopic (exact) mass is 307 g/mol. The molecule has 0 spiro atoms. The summed E-state index contributed by atoms with van der Waals surface area (Å²) in [6.45, 7) is 6.11. The second-order valence-corrected chi connectivity index (χ2v) is 7.52. The smallest absolute Gasteiger partial charge is 0.165 e. The summed E-state index contributed by atoms with van der Waals surface area (Å²) in [6.07, 6.45) is 2.60. The van der Waals surface area contributed by atoms with Crippen molar-refractivity contribution in [3.63, 3.8) is 0 Å². The molecule has 2 aliphatic rings. The highest BCUT2D eigenvalue weighted by molar-refractivity contribution is 5.51. The minimum absolute atomic E-state index is 0.135. The van der Waals surface area contributed by atoms with Crippen molar-refractivity contribution in [2.75, 3.05) is 27.2 Å². The van der Waals surface area contributed by atoms with Crippen LogP contribution in [0.15, 0.2) is 12.1 Å². The van der Waals surface area contributed by atoms with Gasteiger partial charge in [-0.1, -0.05) is 19.9 Å². The maximum absolute atomic E-state index is 14.2. The molecule has 3 rings (SSSR count). The minimum atomic E-state index is -1.03. The second kappa shape index (κ2) is 5.20. The van der Waals surface area contributed by atoms with Crippen LogP contribution in [0.5, 0.6) is 5.75 Å². The first-order chi connectivity index (χ1) is 10.3. The van der Waals surface area contributed by atoms with Gasteiger partial charge in [-0.15, -0.1) is 0 Å². The number of benzene rings is 1. The van der Waals surface area contributed by atoms with Gasteiger partial charge < -0.3 is 14.7 Å². The zero-order valence-electron chi connectivity index (χ0n) is 13.9. The lowest BCUT2D eigenvalue weighted by Crippen LogP contribution is -2.49. The highest BCUT2D eigenvalue weighted by atomic mass is 19.1. The molecular weight excluding hydrogens is 281 g/mol. The standard InChI is InChI=1S/C18H26FNO2/c1-17(2)11-12-5-6-14(19)16(22-4)15(12)18(17,21)13-7-9-20(3)10-8-13/h5-6,13,21H,7-11H2,1-4H3. The number of methoxy groups -OCH3 is 1. The van der Waals surface area contributed by atoms with E-state index >= 15 is 0 Å². The van der Waals surface area contributed by atoms with Gasteiger partial charge in [0, 0.05) is 11.0 Å². The molecule has 1 aliphatic heterocycles. The van der Waals surface area contributed by atoms with Crippen LogP contribution in [0.1, 0.15) is 37.8 Å². The van der Waals surface area contributed by atoms with Crippen LogP contribution in [0.3, 0.4) is 0 Å². The molecule has 1 aromatic rings. The molecule has 0 aromatic heterocycles. The number of piperidine rings is 1. The van der Waals surface area contributed by atoms with E-state index < -0.39 is 5.60 Å². The van der Waals surface area contributed by atoms with Crippen molar-refractivity contribution >= 4 is 0 Å². The van der Waals surface area contributed by atoms with Gasteiger partial charge in [0.15, 0.2) is 11.6 Å². The van der Waals surface area contributed by atoms with Crippen molar-refractivity contribution in [1.82, 2.24) is 4.90 Å². The van der Waals surface area contributed by atoms with Crippen LogP contribution in [0.25, 0.3) is 0 Å². The molecular formula is C18H26FNO2. The first-order valence-electron chi connectivity index (χ1n) is 8.08.